The second-order valence-corrected chi connectivity index (χ2v) is 7.39. The Morgan fingerprint density at radius 3 is 2.30 bits per heavy atom. The fourth-order valence-corrected chi connectivity index (χ4v) is 2.76. The second kappa shape index (κ2) is 8.37. The van der Waals surface area contributed by atoms with E-state index in [2.05, 4.69) is 0 Å². The third-order valence-electron chi connectivity index (χ3n) is 3.99. The lowest BCUT2D eigenvalue weighted by Gasteiger charge is -2.34. The molecule has 0 aromatic heterocycles. The normalized spacial score (nSPS) is 17.1. The molecule has 5 nitrogen and oxygen atoms in total. The van der Waals surface area contributed by atoms with E-state index in [1.54, 1.807) is 11.9 Å². The van der Waals surface area contributed by atoms with Crippen molar-refractivity contribution in [2.45, 2.75) is 59.5 Å². The van der Waals surface area contributed by atoms with E-state index in [0.29, 0.717) is 12.5 Å². The third kappa shape index (κ3) is 6.63. The summed E-state index contributed by atoms with van der Waals surface area (Å²) in [5.74, 6) is 0.567. The average molecular weight is 324 g/mol. The van der Waals surface area contributed by atoms with Gasteiger partial charge >= 0.3 is 6.09 Å². The first kappa shape index (κ1) is 19.5. The standard InChI is InChI=1S/C18H32N2O3/c1-7-8-14(2)16(21)20-11-9-15(10-12-20)13-19(6)17(22)23-18(3,4)5/h8,15H,7,9-13H2,1-6H3. The lowest BCUT2D eigenvalue weighted by Crippen LogP contribution is -2.43. The van der Waals surface area contributed by atoms with Crippen molar-refractivity contribution >= 4 is 12.0 Å². The van der Waals surface area contributed by atoms with Crippen molar-refractivity contribution in [3.05, 3.63) is 11.6 Å². The van der Waals surface area contributed by atoms with E-state index in [1.165, 1.54) is 0 Å². The van der Waals surface area contributed by atoms with E-state index in [-0.39, 0.29) is 12.0 Å². The second-order valence-electron chi connectivity index (χ2n) is 7.39. The molecule has 0 N–H and O–H groups in total. The summed E-state index contributed by atoms with van der Waals surface area (Å²) in [5.41, 5.74) is 0.362. The summed E-state index contributed by atoms with van der Waals surface area (Å²) >= 11 is 0. The Labute approximate surface area is 140 Å². The molecule has 2 amide bonds. The minimum Gasteiger partial charge on any atom is -0.444 e. The van der Waals surface area contributed by atoms with Gasteiger partial charge in [0.15, 0.2) is 0 Å². The molecule has 0 aliphatic carbocycles. The Morgan fingerprint density at radius 2 is 1.83 bits per heavy atom. The number of rotatable bonds is 4. The first-order valence-electron chi connectivity index (χ1n) is 8.54. The van der Waals surface area contributed by atoms with Gasteiger partial charge in [0.1, 0.15) is 5.60 Å². The Bertz CT molecular complexity index is 444. The molecule has 0 atom stereocenters. The van der Waals surface area contributed by atoms with E-state index < -0.39 is 5.60 Å². The molecule has 1 rings (SSSR count). The lowest BCUT2D eigenvalue weighted by molar-refractivity contribution is -0.128. The number of hydrogen-bond acceptors (Lipinski definition) is 3. The molecule has 1 aliphatic rings. The molecule has 0 radical (unpaired) electrons. The number of nitrogens with zero attached hydrogens (tertiary/aromatic N) is 2. The van der Waals surface area contributed by atoms with Crippen molar-refractivity contribution in [2.75, 3.05) is 26.7 Å². The Hall–Kier alpha value is -1.52. The van der Waals surface area contributed by atoms with Gasteiger partial charge in [-0.05, 0) is 52.9 Å². The number of carbonyl (C=O) groups is 2. The highest BCUT2D eigenvalue weighted by atomic mass is 16.6. The number of hydrogen-bond donors (Lipinski definition) is 0. The Morgan fingerprint density at radius 1 is 1.26 bits per heavy atom. The number of carbonyl (C=O) groups excluding carboxylic acids is 2. The predicted octanol–water partition coefficient (Wildman–Crippen LogP) is 3.45. The van der Waals surface area contributed by atoms with Crippen LogP contribution < -0.4 is 0 Å². The van der Waals surface area contributed by atoms with Crippen molar-refractivity contribution in [1.29, 1.82) is 0 Å². The molecular formula is C18H32N2O3. The summed E-state index contributed by atoms with van der Waals surface area (Å²) in [6.07, 6.45) is 4.44. The highest BCUT2D eigenvalue weighted by Crippen LogP contribution is 2.20. The zero-order valence-electron chi connectivity index (χ0n) is 15.5. The summed E-state index contributed by atoms with van der Waals surface area (Å²) in [6, 6.07) is 0. The zero-order chi connectivity index (χ0) is 17.6. The molecule has 0 saturated carbocycles. The minimum absolute atomic E-state index is 0.144. The van der Waals surface area contributed by atoms with Gasteiger partial charge in [0, 0.05) is 32.3 Å². The Kier molecular flexibility index (Phi) is 7.10. The molecular weight excluding hydrogens is 292 g/mol. The van der Waals surface area contributed by atoms with Gasteiger partial charge in [0.25, 0.3) is 0 Å². The molecule has 0 spiro atoms. The molecule has 0 unspecified atom stereocenters. The van der Waals surface area contributed by atoms with E-state index in [1.807, 2.05) is 45.6 Å². The lowest BCUT2D eigenvalue weighted by atomic mass is 9.96. The molecule has 0 aromatic carbocycles. The van der Waals surface area contributed by atoms with Gasteiger partial charge in [0.05, 0.1) is 0 Å². The first-order chi connectivity index (χ1) is 10.6. The summed E-state index contributed by atoms with van der Waals surface area (Å²) in [5, 5.41) is 0. The fraction of sp³-hybridized carbons (Fsp3) is 0.778. The summed E-state index contributed by atoms with van der Waals surface area (Å²) in [6.45, 7) is 11.7. The third-order valence-corrected chi connectivity index (χ3v) is 3.99. The van der Waals surface area contributed by atoms with Crippen LogP contribution >= 0.6 is 0 Å². The van der Waals surface area contributed by atoms with Crippen LogP contribution in [0.3, 0.4) is 0 Å². The fourth-order valence-electron chi connectivity index (χ4n) is 2.76. The van der Waals surface area contributed by atoms with Crippen LogP contribution in [0.4, 0.5) is 4.79 Å². The van der Waals surface area contributed by atoms with Crippen LogP contribution in [0.15, 0.2) is 11.6 Å². The number of piperidine rings is 1. The maximum atomic E-state index is 12.3. The molecule has 132 valence electrons. The molecule has 1 fully saturated rings. The van der Waals surface area contributed by atoms with Gasteiger partial charge in [-0.3, -0.25) is 4.79 Å². The first-order valence-corrected chi connectivity index (χ1v) is 8.54. The monoisotopic (exact) mass is 324 g/mol. The van der Waals surface area contributed by atoms with Crippen LogP contribution in [0.25, 0.3) is 0 Å². The number of likely N-dealkylation sites (tertiary alicyclic amines) is 1. The van der Waals surface area contributed by atoms with Gasteiger partial charge in [0.2, 0.25) is 5.91 Å². The van der Waals surface area contributed by atoms with Gasteiger partial charge in [-0.25, -0.2) is 4.79 Å². The summed E-state index contributed by atoms with van der Waals surface area (Å²) in [4.78, 5) is 27.8. The number of ether oxygens (including phenoxy) is 1. The molecule has 23 heavy (non-hydrogen) atoms. The van der Waals surface area contributed by atoms with Crippen molar-refractivity contribution < 1.29 is 14.3 Å². The summed E-state index contributed by atoms with van der Waals surface area (Å²) < 4.78 is 5.37. The van der Waals surface area contributed by atoms with Crippen LogP contribution in [-0.4, -0.2) is 54.1 Å². The average Bonchev–Trinajstić information content (AvgIpc) is 2.45. The molecule has 1 heterocycles. The van der Waals surface area contributed by atoms with Gasteiger partial charge in [-0.2, -0.15) is 0 Å². The summed E-state index contributed by atoms with van der Waals surface area (Å²) in [7, 11) is 1.78. The van der Waals surface area contributed by atoms with E-state index in [4.69, 9.17) is 4.74 Å². The van der Waals surface area contributed by atoms with E-state index in [0.717, 1.165) is 37.9 Å². The van der Waals surface area contributed by atoms with Crippen molar-refractivity contribution in [1.82, 2.24) is 9.80 Å². The predicted molar refractivity (Wildman–Crippen MR) is 92.2 cm³/mol. The van der Waals surface area contributed by atoms with Crippen LogP contribution in [0.2, 0.25) is 0 Å². The topological polar surface area (TPSA) is 49.9 Å². The van der Waals surface area contributed by atoms with Gasteiger partial charge < -0.3 is 14.5 Å². The van der Waals surface area contributed by atoms with E-state index in [9.17, 15) is 9.59 Å². The van der Waals surface area contributed by atoms with Crippen LogP contribution in [0.1, 0.15) is 53.9 Å². The van der Waals surface area contributed by atoms with E-state index >= 15 is 0 Å². The zero-order valence-corrected chi connectivity index (χ0v) is 15.5. The van der Waals surface area contributed by atoms with Crippen LogP contribution in [0, 0.1) is 5.92 Å². The quantitative estimate of drug-likeness (QED) is 0.744. The molecule has 0 bridgehead atoms. The SMILES string of the molecule is CCC=C(C)C(=O)N1CCC(CN(C)C(=O)OC(C)(C)C)CC1. The molecule has 1 aliphatic heterocycles. The van der Waals surface area contributed by atoms with Crippen molar-refractivity contribution in [3.8, 4) is 0 Å². The largest absolute Gasteiger partial charge is 0.444 e. The maximum Gasteiger partial charge on any atom is 0.410 e. The molecule has 5 heteroatoms. The molecule has 0 aromatic rings. The minimum atomic E-state index is -0.468. The maximum absolute atomic E-state index is 12.3. The van der Waals surface area contributed by atoms with Gasteiger partial charge in [-0.15, -0.1) is 0 Å². The smallest absolute Gasteiger partial charge is 0.410 e. The van der Waals surface area contributed by atoms with Crippen LogP contribution in [-0.2, 0) is 9.53 Å². The number of allylic oxidation sites excluding steroid dienone is 1. The van der Waals surface area contributed by atoms with Crippen molar-refractivity contribution in [3.63, 3.8) is 0 Å². The van der Waals surface area contributed by atoms with Gasteiger partial charge in [-0.1, -0.05) is 13.0 Å². The molecule has 1 saturated heterocycles. The highest BCUT2D eigenvalue weighted by molar-refractivity contribution is 5.92. The Balaban J connectivity index is 2.43. The van der Waals surface area contributed by atoms with Crippen LogP contribution in [0.5, 0.6) is 0 Å². The van der Waals surface area contributed by atoms with Crippen molar-refractivity contribution in [2.24, 2.45) is 5.92 Å². The number of amides is 2. The highest BCUT2D eigenvalue weighted by Gasteiger charge is 2.26.